The monoisotopic (exact) mass is 423 g/mol. The smallest absolute Gasteiger partial charge is 0.255 e. The van der Waals surface area contributed by atoms with E-state index in [-0.39, 0.29) is 29.6 Å². The van der Waals surface area contributed by atoms with Gasteiger partial charge in [0, 0.05) is 42.0 Å². The van der Waals surface area contributed by atoms with Crippen molar-refractivity contribution < 1.29 is 14.3 Å². The number of amides is 2. The Morgan fingerprint density at radius 2 is 1.48 bits per heavy atom. The molecule has 1 aliphatic rings. The Bertz CT molecular complexity index is 908. The van der Waals surface area contributed by atoms with Crippen LogP contribution in [0, 0.1) is 0 Å². The molecule has 1 aliphatic heterocycles. The number of benzene rings is 2. The molecule has 3 rings (SSSR count). The number of nitrogens with zero attached hydrogens (tertiary/aromatic N) is 1. The number of carbonyl (C=O) groups excluding carboxylic acids is 2. The first kappa shape index (κ1) is 23.0. The van der Waals surface area contributed by atoms with Gasteiger partial charge < -0.3 is 15.4 Å². The molecule has 6 nitrogen and oxygen atoms in total. The molecule has 0 aromatic heterocycles. The topological polar surface area (TPSA) is 70.7 Å². The van der Waals surface area contributed by atoms with E-state index in [0.717, 1.165) is 30.9 Å². The normalized spacial score (nSPS) is 19.6. The fraction of sp³-hybridized carbons (Fsp3) is 0.440. The predicted molar refractivity (Wildman–Crippen MR) is 123 cm³/mol. The average molecular weight is 424 g/mol. The molecule has 166 valence electrons. The van der Waals surface area contributed by atoms with Gasteiger partial charge in [-0.15, -0.1) is 0 Å². The van der Waals surface area contributed by atoms with E-state index in [0.29, 0.717) is 11.1 Å². The number of hydrogen-bond acceptors (Lipinski definition) is 4. The van der Waals surface area contributed by atoms with Crippen LogP contribution in [0.25, 0.3) is 0 Å². The van der Waals surface area contributed by atoms with E-state index in [1.54, 1.807) is 24.3 Å². The Morgan fingerprint density at radius 3 is 2.06 bits per heavy atom. The predicted octanol–water partition coefficient (Wildman–Crippen LogP) is 4.08. The summed E-state index contributed by atoms with van der Waals surface area (Å²) < 4.78 is 5.82. The molecule has 1 heterocycles. The van der Waals surface area contributed by atoms with Gasteiger partial charge in [-0.2, -0.15) is 0 Å². The highest BCUT2D eigenvalue weighted by Gasteiger charge is 2.23. The lowest BCUT2D eigenvalue weighted by Gasteiger charge is -2.35. The van der Waals surface area contributed by atoms with Crippen molar-refractivity contribution in [1.29, 1.82) is 0 Å². The zero-order valence-corrected chi connectivity index (χ0v) is 19.1. The van der Waals surface area contributed by atoms with Crippen LogP contribution in [0.4, 0.5) is 5.69 Å². The van der Waals surface area contributed by atoms with Gasteiger partial charge in [-0.3, -0.25) is 14.5 Å². The van der Waals surface area contributed by atoms with Crippen molar-refractivity contribution in [1.82, 2.24) is 10.2 Å². The molecule has 6 heteroatoms. The van der Waals surface area contributed by atoms with Gasteiger partial charge in [-0.25, -0.2) is 0 Å². The van der Waals surface area contributed by atoms with E-state index < -0.39 is 0 Å². The molecule has 2 amide bonds. The Morgan fingerprint density at radius 1 is 0.935 bits per heavy atom. The molecule has 0 saturated carbocycles. The summed E-state index contributed by atoms with van der Waals surface area (Å²) >= 11 is 0. The van der Waals surface area contributed by atoms with Gasteiger partial charge in [0.05, 0.1) is 12.2 Å². The standard InChI is InChI=1S/C25H33N3O3/c1-17-14-28(15-18(2)31-17)16-21-8-6-7-9-22(21)26-23(29)19-10-12-20(13-11-19)24(30)27-25(3,4)5/h6-13,17-18H,14-16H2,1-5H3,(H,26,29)(H,27,30). The first-order valence-corrected chi connectivity index (χ1v) is 10.8. The number of anilines is 1. The summed E-state index contributed by atoms with van der Waals surface area (Å²) in [5.74, 6) is -0.349. The summed E-state index contributed by atoms with van der Waals surface area (Å²) in [4.78, 5) is 27.5. The molecule has 1 saturated heterocycles. The van der Waals surface area contributed by atoms with Crippen molar-refractivity contribution in [3.63, 3.8) is 0 Å². The van der Waals surface area contributed by atoms with Gasteiger partial charge in [0.15, 0.2) is 0 Å². The summed E-state index contributed by atoms with van der Waals surface area (Å²) in [5, 5.41) is 5.95. The molecule has 2 aromatic rings. The van der Waals surface area contributed by atoms with Gasteiger partial charge in [0.1, 0.15) is 0 Å². The van der Waals surface area contributed by atoms with Gasteiger partial charge in [0.25, 0.3) is 11.8 Å². The van der Waals surface area contributed by atoms with E-state index in [9.17, 15) is 9.59 Å². The van der Waals surface area contributed by atoms with Crippen LogP contribution in [0.15, 0.2) is 48.5 Å². The zero-order valence-electron chi connectivity index (χ0n) is 19.1. The number of morpholine rings is 1. The number of nitrogens with one attached hydrogen (secondary N) is 2. The molecule has 0 spiro atoms. The van der Waals surface area contributed by atoms with Crippen molar-refractivity contribution in [2.24, 2.45) is 0 Å². The second-order valence-electron chi connectivity index (χ2n) is 9.34. The molecule has 2 aromatic carbocycles. The van der Waals surface area contributed by atoms with E-state index in [1.807, 2.05) is 45.0 Å². The Hall–Kier alpha value is -2.70. The molecule has 2 N–H and O–H groups in total. The number of rotatable bonds is 5. The van der Waals surface area contributed by atoms with Crippen LogP contribution in [0.1, 0.15) is 60.9 Å². The maximum atomic E-state index is 12.8. The minimum atomic E-state index is -0.313. The zero-order chi connectivity index (χ0) is 22.6. The first-order valence-electron chi connectivity index (χ1n) is 10.8. The molecular formula is C25H33N3O3. The number of hydrogen-bond donors (Lipinski definition) is 2. The lowest BCUT2D eigenvalue weighted by Crippen LogP contribution is -2.44. The highest BCUT2D eigenvalue weighted by atomic mass is 16.5. The maximum absolute atomic E-state index is 12.8. The van der Waals surface area contributed by atoms with Crippen LogP contribution in [0.2, 0.25) is 0 Å². The Balaban J connectivity index is 1.67. The van der Waals surface area contributed by atoms with Crippen LogP contribution in [-0.2, 0) is 11.3 Å². The fourth-order valence-corrected chi connectivity index (χ4v) is 3.81. The van der Waals surface area contributed by atoms with Gasteiger partial charge in [-0.05, 0) is 70.5 Å². The highest BCUT2D eigenvalue weighted by molar-refractivity contribution is 6.05. The van der Waals surface area contributed by atoms with Crippen molar-refractivity contribution in [2.75, 3.05) is 18.4 Å². The Labute approximate surface area is 185 Å². The van der Waals surface area contributed by atoms with Crippen LogP contribution >= 0.6 is 0 Å². The quantitative estimate of drug-likeness (QED) is 0.760. The van der Waals surface area contributed by atoms with E-state index >= 15 is 0 Å². The van der Waals surface area contributed by atoms with Gasteiger partial charge in [0.2, 0.25) is 0 Å². The number of carbonyl (C=O) groups is 2. The second kappa shape index (κ2) is 9.62. The fourth-order valence-electron chi connectivity index (χ4n) is 3.81. The summed E-state index contributed by atoms with van der Waals surface area (Å²) in [6, 6.07) is 14.6. The molecule has 2 unspecified atom stereocenters. The molecule has 1 fully saturated rings. The largest absolute Gasteiger partial charge is 0.373 e. The Kier molecular flexibility index (Phi) is 7.13. The molecule has 0 radical (unpaired) electrons. The van der Waals surface area contributed by atoms with Crippen LogP contribution in [0.3, 0.4) is 0 Å². The minimum absolute atomic E-state index is 0.154. The van der Waals surface area contributed by atoms with Crippen LogP contribution in [0.5, 0.6) is 0 Å². The minimum Gasteiger partial charge on any atom is -0.373 e. The number of ether oxygens (including phenoxy) is 1. The van der Waals surface area contributed by atoms with Gasteiger partial charge >= 0.3 is 0 Å². The SMILES string of the molecule is CC1CN(Cc2ccccc2NC(=O)c2ccc(C(=O)NC(C)(C)C)cc2)CC(C)O1. The van der Waals surface area contributed by atoms with Crippen molar-refractivity contribution in [3.05, 3.63) is 65.2 Å². The van der Waals surface area contributed by atoms with Crippen LogP contribution in [-0.4, -0.2) is 47.6 Å². The highest BCUT2D eigenvalue weighted by Crippen LogP contribution is 2.21. The van der Waals surface area contributed by atoms with E-state index in [4.69, 9.17) is 4.74 Å². The molecule has 2 atom stereocenters. The average Bonchev–Trinajstić information content (AvgIpc) is 2.67. The first-order chi connectivity index (χ1) is 14.6. The second-order valence-corrected chi connectivity index (χ2v) is 9.34. The molecular weight excluding hydrogens is 390 g/mol. The lowest BCUT2D eigenvalue weighted by molar-refractivity contribution is -0.0704. The summed E-state index contributed by atoms with van der Waals surface area (Å²) in [6.45, 7) is 12.5. The van der Waals surface area contributed by atoms with E-state index in [1.165, 1.54) is 0 Å². The lowest BCUT2D eigenvalue weighted by atomic mass is 10.1. The summed E-state index contributed by atoms with van der Waals surface area (Å²) in [5.41, 5.74) is 2.60. The third kappa shape index (κ3) is 6.64. The number of para-hydroxylation sites is 1. The van der Waals surface area contributed by atoms with Crippen molar-refractivity contribution in [3.8, 4) is 0 Å². The van der Waals surface area contributed by atoms with Gasteiger partial charge in [-0.1, -0.05) is 18.2 Å². The van der Waals surface area contributed by atoms with Crippen molar-refractivity contribution >= 4 is 17.5 Å². The van der Waals surface area contributed by atoms with Crippen molar-refractivity contribution in [2.45, 2.75) is 58.9 Å². The third-order valence-electron chi connectivity index (χ3n) is 5.05. The molecule has 0 bridgehead atoms. The van der Waals surface area contributed by atoms with E-state index in [2.05, 4.69) is 29.4 Å². The summed E-state index contributed by atoms with van der Waals surface area (Å²) in [6.07, 6.45) is 0.388. The maximum Gasteiger partial charge on any atom is 0.255 e. The summed E-state index contributed by atoms with van der Waals surface area (Å²) in [7, 11) is 0. The third-order valence-corrected chi connectivity index (χ3v) is 5.05. The van der Waals surface area contributed by atoms with Crippen LogP contribution < -0.4 is 10.6 Å². The molecule has 31 heavy (non-hydrogen) atoms. The molecule has 0 aliphatic carbocycles.